The molecule has 19 heavy (non-hydrogen) atoms. The number of nitrogens with zero attached hydrogens (tertiary/aromatic N) is 3. The molecule has 2 unspecified atom stereocenters. The second kappa shape index (κ2) is 4.86. The Balaban J connectivity index is 1.81. The Bertz CT molecular complexity index is 556. The summed E-state index contributed by atoms with van der Waals surface area (Å²) in [5, 5.41) is 11.0. The molecule has 7 heteroatoms. The van der Waals surface area contributed by atoms with Crippen LogP contribution in [0.2, 0.25) is 5.22 Å². The van der Waals surface area contributed by atoms with Gasteiger partial charge >= 0.3 is 0 Å². The second-order valence-corrected chi connectivity index (χ2v) is 5.33. The van der Waals surface area contributed by atoms with E-state index in [1.165, 1.54) is 0 Å². The lowest BCUT2D eigenvalue weighted by molar-refractivity contribution is 0.403. The average Bonchev–Trinajstić information content (AvgIpc) is 2.95. The Hall–Kier alpha value is -1.53. The second-order valence-electron chi connectivity index (χ2n) is 4.96. The van der Waals surface area contributed by atoms with Crippen molar-refractivity contribution in [2.24, 2.45) is 0 Å². The summed E-state index contributed by atoms with van der Waals surface area (Å²) in [6.45, 7) is 6.09. The molecule has 0 aliphatic carbocycles. The van der Waals surface area contributed by atoms with Crippen LogP contribution in [0.25, 0.3) is 11.6 Å². The van der Waals surface area contributed by atoms with E-state index < -0.39 is 0 Å². The van der Waals surface area contributed by atoms with E-state index in [1.54, 1.807) is 12.1 Å². The highest BCUT2D eigenvalue weighted by Crippen LogP contribution is 2.23. The van der Waals surface area contributed by atoms with Gasteiger partial charge in [-0.1, -0.05) is 0 Å². The number of anilines is 1. The van der Waals surface area contributed by atoms with Crippen LogP contribution in [0.3, 0.4) is 0 Å². The molecule has 3 rings (SSSR count). The van der Waals surface area contributed by atoms with Crippen LogP contribution in [0.1, 0.15) is 13.8 Å². The van der Waals surface area contributed by atoms with Gasteiger partial charge in [-0.2, -0.15) is 4.98 Å². The first-order valence-corrected chi connectivity index (χ1v) is 6.68. The van der Waals surface area contributed by atoms with Gasteiger partial charge in [0.1, 0.15) is 0 Å². The number of hydrogen-bond acceptors (Lipinski definition) is 5. The first kappa shape index (κ1) is 12.5. The van der Waals surface area contributed by atoms with Gasteiger partial charge in [0.05, 0.1) is 0 Å². The number of H-pyrrole nitrogens is 1. The first-order valence-electron chi connectivity index (χ1n) is 6.31. The number of halogens is 1. The number of rotatable bonds is 2. The van der Waals surface area contributed by atoms with Crippen LogP contribution in [0.4, 0.5) is 5.95 Å². The molecular formula is C12H16ClN5O. The quantitative estimate of drug-likeness (QED) is 0.880. The van der Waals surface area contributed by atoms with Gasteiger partial charge in [-0.3, -0.25) is 5.10 Å². The number of aromatic amines is 1. The fraction of sp³-hybridized carbons (Fsp3) is 0.500. The largest absolute Gasteiger partial charge is 0.441 e. The molecule has 0 spiro atoms. The van der Waals surface area contributed by atoms with Crippen molar-refractivity contribution in [2.45, 2.75) is 25.9 Å². The van der Waals surface area contributed by atoms with Crippen LogP contribution in [0.5, 0.6) is 0 Å². The molecule has 1 saturated heterocycles. The molecule has 2 aromatic rings. The molecule has 2 atom stereocenters. The van der Waals surface area contributed by atoms with Crippen molar-refractivity contribution >= 4 is 17.5 Å². The van der Waals surface area contributed by atoms with Gasteiger partial charge in [-0.15, -0.1) is 5.10 Å². The Morgan fingerprint density at radius 1 is 1.32 bits per heavy atom. The van der Waals surface area contributed by atoms with E-state index in [2.05, 4.69) is 39.2 Å². The van der Waals surface area contributed by atoms with Gasteiger partial charge in [-0.05, 0) is 37.6 Å². The van der Waals surface area contributed by atoms with Gasteiger partial charge in [0.15, 0.2) is 16.8 Å². The van der Waals surface area contributed by atoms with Crippen molar-refractivity contribution in [3.63, 3.8) is 0 Å². The van der Waals surface area contributed by atoms with Gasteiger partial charge < -0.3 is 14.6 Å². The van der Waals surface area contributed by atoms with Gasteiger partial charge in [-0.25, -0.2) is 0 Å². The smallest absolute Gasteiger partial charge is 0.245 e. The average molecular weight is 282 g/mol. The lowest BCUT2D eigenvalue weighted by atomic mass is 10.1. The van der Waals surface area contributed by atoms with Gasteiger partial charge in [0, 0.05) is 25.2 Å². The molecule has 6 nitrogen and oxygen atoms in total. The Kier molecular flexibility index (Phi) is 3.20. The van der Waals surface area contributed by atoms with Crippen LogP contribution in [0, 0.1) is 0 Å². The Labute approximate surface area is 116 Å². The van der Waals surface area contributed by atoms with Crippen molar-refractivity contribution in [1.82, 2.24) is 20.5 Å². The maximum absolute atomic E-state index is 5.76. The zero-order valence-electron chi connectivity index (χ0n) is 10.9. The minimum Gasteiger partial charge on any atom is -0.441 e. The molecule has 0 amide bonds. The lowest BCUT2D eigenvalue weighted by Crippen LogP contribution is -2.54. The summed E-state index contributed by atoms with van der Waals surface area (Å²) in [4.78, 5) is 6.63. The highest BCUT2D eigenvalue weighted by molar-refractivity contribution is 6.28. The Morgan fingerprint density at radius 2 is 2.05 bits per heavy atom. The monoisotopic (exact) mass is 281 g/mol. The molecule has 2 N–H and O–H groups in total. The maximum atomic E-state index is 5.76. The van der Waals surface area contributed by atoms with E-state index in [-0.39, 0.29) is 0 Å². The minimum atomic E-state index is 0.345. The molecule has 0 saturated carbocycles. The molecule has 1 aliphatic rings. The highest BCUT2D eigenvalue weighted by atomic mass is 35.5. The van der Waals surface area contributed by atoms with Crippen LogP contribution < -0.4 is 10.2 Å². The van der Waals surface area contributed by atoms with Gasteiger partial charge in [0.25, 0.3) is 0 Å². The summed E-state index contributed by atoms with van der Waals surface area (Å²) in [6.07, 6.45) is 0. The van der Waals surface area contributed by atoms with E-state index in [1.807, 2.05) is 0 Å². The Morgan fingerprint density at radius 3 is 2.68 bits per heavy atom. The molecule has 0 aromatic carbocycles. The molecule has 0 radical (unpaired) electrons. The van der Waals surface area contributed by atoms with Crippen molar-refractivity contribution in [2.75, 3.05) is 18.0 Å². The van der Waals surface area contributed by atoms with Crippen molar-refractivity contribution < 1.29 is 4.42 Å². The van der Waals surface area contributed by atoms with Crippen LogP contribution in [-0.2, 0) is 0 Å². The topological polar surface area (TPSA) is 70.0 Å². The third kappa shape index (κ3) is 2.59. The van der Waals surface area contributed by atoms with Crippen molar-refractivity contribution in [3.05, 3.63) is 17.4 Å². The van der Waals surface area contributed by atoms with E-state index in [4.69, 9.17) is 16.0 Å². The highest BCUT2D eigenvalue weighted by Gasteiger charge is 2.24. The normalized spacial score (nSPS) is 23.8. The number of aromatic nitrogens is 3. The summed E-state index contributed by atoms with van der Waals surface area (Å²) in [5.74, 6) is 1.89. The number of nitrogens with one attached hydrogen (secondary N) is 2. The zero-order valence-corrected chi connectivity index (χ0v) is 11.6. The van der Waals surface area contributed by atoms with E-state index in [9.17, 15) is 0 Å². The van der Waals surface area contributed by atoms with Crippen molar-refractivity contribution in [1.29, 1.82) is 0 Å². The summed E-state index contributed by atoms with van der Waals surface area (Å²) < 4.78 is 5.31. The summed E-state index contributed by atoms with van der Waals surface area (Å²) in [6, 6.07) is 4.30. The number of piperazine rings is 1. The van der Waals surface area contributed by atoms with E-state index in [0.29, 0.717) is 34.8 Å². The molecule has 0 bridgehead atoms. The molecule has 1 aliphatic heterocycles. The summed E-state index contributed by atoms with van der Waals surface area (Å²) in [7, 11) is 0. The lowest BCUT2D eigenvalue weighted by Gasteiger charge is -2.35. The number of furan rings is 1. The fourth-order valence-corrected chi connectivity index (χ4v) is 2.58. The van der Waals surface area contributed by atoms with E-state index in [0.717, 1.165) is 13.1 Å². The predicted octanol–water partition coefficient (Wildman–Crippen LogP) is 1.90. The minimum absolute atomic E-state index is 0.345. The molecule has 3 heterocycles. The van der Waals surface area contributed by atoms with Gasteiger partial charge in [0.2, 0.25) is 5.95 Å². The molecule has 1 fully saturated rings. The predicted molar refractivity (Wildman–Crippen MR) is 73.4 cm³/mol. The van der Waals surface area contributed by atoms with Crippen LogP contribution in [0.15, 0.2) is 16.5 Å². The van der Waals surface area contributed by atoms with Crippen LogP contribution in [-0.4, -0.2) is 40.4 Å². The summed E-state index contributed by atoms with van der Waals surface area (Å²) in [5.41, 5.74) is 0. The number of hydrogen-bond donors (Lipinski definition) is 2. The van der Waals surface area contributed by atoms with E-state index >= 15 is 0 Å². The maximum Gasteiger partial charge on any atom is 0.245 e. The van der Waals surface area contributed by atoms with Crippen LogP contribution >= 0.6 is 11.6 Å². The standard InChI is InChI=1S/C12H16ClN5O/c1-7-5-18(6-8(2)14-7)12-15-11(16-17-12)9-3-4-10(13)19-9/h3-4,7-8,14H,5-6H2,1-2H3,(H,15,16,17). The SMILES string of the molecule is CC1CN(c2n[nH]c(-c3ccc(Cl)o3)n2)CC(C)N1. The third-order valence-corrected chi connectivity index (χ3v) is 3.32. The first-order chi connectivity index (χ1) is 9.11. The fourth-order valence-electron chi connectivity index (χ4n) is 2.44. The zero-order chi connectivity index (χ0) is 13.4. The third-order valence-electron chi connectivity index (χ3n) is 3.12. The molecule has 102 valence electrons. The summed E-state index contributed by atoms with van der Waals surface area (Å²) >= 11 is 5.76. The molecule has 2 aromatic heterocycles. The van der Waals surface area contributed by atoms with Crippen molar-refractivity contribution in [3.8, 4) is 11.6 Å². The molecular weight excluding hydrogens is 266 g/mol.